The van der Waals surface area contributed by atoms with Crippen molar-refractivity contribution in [1.29, 1.82) is 0 Å². The zero-order valence-electron chi connectivity index (χ0n) is 7.92. The summed E-state index contributed by atoms with van der Waals surface area (Å²) in [5, 5.41) is 11.7. The Balaban J connectivity index is 4.04. The fourth-order valence-electron chi connectivity index (χ4n) is 0.904. The van der Waals surface area contributed by atoms with E-state index in [4.69, 9.17) is 5.11 Å². The van der Waals surface area contributed by atoms with Gasteiger partial charge in [-0.15, -0.1) is 0 Å². The normalized spacial score (nSPS) is 14.1. The topological polar surface area (TPSA) is 49.3 Å². The molecule has 3 heteroatoms. The number of aliphatic carboxylic acids is 1. The molecule has 0 aromatic carbocycles. The quantitative estimate of drug-likeness (QED) is 0.662. The van der Waals surface area contributed by atoms with Crippen molar-refractivity contribution < 1.29 is 9.90 Å². The molecule has 0 aliphatic heterocycles. The van der Waals surface area contributed by atoms with Gasteiger partial charge in [0.15, 0.2) is 0 Å². The van der Waals surface area contributed by atoms with Gasteiger partial charge in [0.05, 0.1) is 0 Å². The molecule has 0 spiro atoms. The molecule has 0 aromatic heterocycles. The standard InChI is InChI=1S/C9H17NO2/c1-4-6-8(9(11)12)10-7(3)5-2/h5,8,10H,4,6H2,1-3H3,(H,11,12)/b7-5+. The maximum absolute atomic E-state index is 10.7. The summed E-state index contributed by atoms with van der Waals surface area (Å²) in [6.07, 6.45) is 3.41. The number of nitrogens with one attached hydrogen (secondary N) is 1. The molecule has 0 aromatic rings. The first-order chi connectivity index (χ1) is 5.61. The lowest BCUT2D eigenvalue weighted by Crippen LogP contribution is -2.35. The summed E-state index contributed by atoms with van der Waals surface area (Å²) in [6.45, 7) is 5.72. The second-order valence-electron chi connectivity index (χ2n) is 2.80. The molecule has 0 saturated heterocycles. The fraction of sp³-hybridized carbons (Fsp3) is 0.667. The third-order valence-corrected chi connectivity index (χ3v) is 1.71. The molecule has 3 nitrogen and oxygen atoms in total. The Kier molecular flexibility index (Phi) is 5.17. The van der Waals surface area contributed by atoms with E-state index in [-0.39, 0.29) is 0 Å². The maximum Gasteiger partial charge on any atom is 0.326 e. The summed E-state index contributed by atoms with van der Waals surface area (Å²) in [7, 11) is 0. The van der Waals surface area contributed by atoms with Gasteiger partial charge in [0, 0.05) is 5.70 Å². The monoisotopic (exact) mass is 171 g/mol. The fourth-order valence-corrected chi connectivity index (χ4v) is 0.904. The Morgan fingerprint density at radius 1 is 1.67 bits per heavy atom. The van der Waals surface area contributed by atoms with E-state index in [1.165, 1.54) is 0 Å². The molecule has 0 saturated carbocycles. The molecule has 2 N–H and O–H groups in total. The zero-order chi connectivity index (χ0) is 9.56. The van der Waals surface area contributed by atoms with Crippen molar-refractivity contribution in [1.82, 2.24) is 5.32 Å². The van der Waals surface area contributed by atoms with E-state index in [0.29, 0.717) is 6.42 Å². The molecule has 70 valence electrons. The SMILES string of the molecule is C/C=C(\C)NC(CCC)C(=O)O. The molecule has 0 amide bonds. The van der Waals surface area contributed by atoms with Crippen LogP contribution >= 0.6 is 0 Å². The molecule has 0 bridgehead atoms. The molecule has 0 rings (SSSR count). The van der Waals surface area contributed by atoms with Gasteiger partial charge in [-0.25, -0.2) is 4.79 Å². The highest BCUT2D eigenvalue weighted by Crippen LogP contribution is 1.99. The number of rotatable bonds is 5. The molecule has 0 aliphatic carbocycles. The Labute approximate surface area is 73.5 Å². The van der Waals surface area contributed by atoms with Crippen LogP contribution in [-0.2, 0) is 4.79 Å². The van der Waals surface area contributed by atoms with Gasteiger partial charge in [-0.3, -0.25) is 0 Å². The summed E-state index contributed by atoms with van der Waals surface area (Å²) in [5.74, 6) is -0.780. The highest BCUT2D eigenvalue weighted by Gasteiger charge is 2.14. The van der Waals surface area contributed by atoms with E-state index in [2.05, 4.69) is 5.32 Å². The Hall–Kier alpha value is -0.990. The van der Waals surface area contributed by atoms with E-state index in [0.717, 1.165) is 12.1 Å². The lowest BCUT2D eigenvalue weighted by Gasteiger charge is -2.14. The Morgan fingerprint density at radius 3 is 2.58 bits per heavy atom. The molecule has 0 fully saturated rings. The van der Waals surface area contributed by atoms with E-state index >= 15 is 0 Å². The number of hydrogen-bond donors (Lipinski definition) is 2. The Bertz CT molecular complexity index is 175. The second kappa shape index (κ2) is 5.63. The number of carboxylic acids is 1. The number of allylic oxidation sites excluding steroid dienone is 2. The summed E-state index contributed by atoms with van der Waals surface area (Å²) >= 11 is 0. The molecule has 1 unspecified atom stereocenters. The van der Waals surface area contributed by atoms with Crippen molar-refractivity contribution in [3.05, 3.63) is 11.8 Å². The van der Waals surface area contributed by atoms with Crippen LogP contribution in [0.3, 0.4) is 0 Å². The molecule has 0 radical (unpaired) electrons. The van der Waals surface area contributed by atoms with Crippen molar-refractivity contribution in [3.63, 3.8) is 0 Å². The highest BCUT2D eigenvalue weighted by atomic mass is 16.4. The van der Waals surface area contributed by atoms with Gasteiger partial charge >= 0.3 is 5.97 Å². The smallest absolute Gasteiger partial charge is 0.326 e. The van der Waals surface area contributed by atoms with Crippen molar-refractivity contribution in [3.8, 4) is 0 Å². The third kappa shape index (κ3) is 4.01. The van der Waals surface area contributed by atoms with Crippen LogP contribution in [0.4, 0.5) is 0 Å². The molecular weight excluding hydrogens is 154 g/mol. The van der Waals surface area contributed by atoms with Crippen LogP contribution in [0.1, 0.15) is 33.6 Å². The van der Waals surface area contributed by atoms with Crippen LogP contribution in [0.5, 0.6) is 0 Å². The molecule has 1 atom stereocenters. The van der Waals surface area contributed by atoms with Crippen LogP contribution in [0.15, 0.2) is 11.8 Å². The summed E-state index contributed by atoms with van der Waals surface area (Å²) in [6, 6.07) is -0.439. The van der Waals surface area contributed by atoms with Crippen LogP contribution in [0.25, 0.3) is 0 Å². The van der Waals surface area contributed by atoms with Gasteiger partial charge in [0.25, 0.3) is 0 Å². The summed E-state index contributed by atoms with van der Waals surface area (Å²) in [5.41, 5.74) is 0.913. The van der Waals surface area contributed by atoms with E-state index in [1.54, 1.807) is 0 Å². The molecule has 0 heterocycles. The van der Waals surface area contributed by atoms with Gasteiger partial charge < -0.3 is 10.4 Å². The molecule has 0 aliphatic rings. The zero-order valence-corrected chi connectivity index (χ0v) is 7.92. The predicted octanol–water partition coefficient (Wildman–Crippen LogP) is 1.75. The van der Waals surface area contributed by atoms with E-state index < -0.39 is 12.0 Å². The minimum atomic E-state index is -0.780. The largest absolute Gasteiger partial charge is 0.480 e. The van der Waals surface area contributed by atoms with Gasteiger partial charge in [-0.1, -0.05) is 19.4 Å². The van der Waals surface area contributed by atoms with Gasteiger partial charge in [0.1, 0.15) is 6.04 Å². The first-order valence-electron chi connectivity index (χ1n) is 4.24. The van der Waals surface area contributed by atoms with Crippen molar-refractivity contribution in [2.75, 3.05) is 0 Å². The first-order valence-corrected chi connectivity index (χ1v) is 4.24. The average Bonchev–Trinajstić information content (AvgIpc) is 2.03. The highest BCUT2D eigenvalue weighted by molar-refractivity contribution is 5.73. The van der Waals surface area contributed by atoms with Gasteiger partial charge in [-0.2, -0.15) is 0 Å². The summed E-state index contributed by atoms with van der Waals surface area (Å²) < 4.78 is 0. The van der Waals surface area contributed by atoms with E-state index in [1.807, 2.05) is 26.8 Å². The minimum absolute atomic E-state index is 0.439. The van der Waals surface area contributed by atoms with Crippen LogP contribution in [0.2, 0.25) is 0 Å². The average molecular weight is 171 g/mol. The predicted molar refractivity (Wildman–Crippen MR) is 48.9 cm³/mol. The second-order valence-corrected chi connectivity index (χ2v) is 2.80. The maximum atomic E-state index is 10.7. The van der Waals surface area contributed by atoms with Crippen LogP contribution < -0.4 is 5.32 Å². The number of carboxylic acid groups (broad SMARTS) is 1. The third-order valence-electron chi connectivity index (χ3n) is 1.71. The lowest BCUT2D eigenvalue weighted by atomic mass is 10.1. The van der Waals surface area contributed by atoms with Crippen LogP contribution in [0, 0.1) is 0 Å². The number of hydrogen-bond acceptors (Lipinski definition) is 2. The van der Waals surface area contributed by atoms with Crippen molar-refractivity contribution >= 4 is 5.97 Å². The van der Waals surface area contributed by atoms with Gasteiger partial charge in [-0.05, 0) is 20.3 Å². The summed E-state index contributed by atoms with van der Waals surface area (Å²) in [4.78, 5) is 10.7. The first kappa shape index (κ1) is 11.0. The van der Waals surface area contributed by atoms with Gasteiger partial charge in [0.2, 0.25) is 0 Å². The van der Waals surface area contributed by atoms with Crippen molar-refractivity contribution in [2.45, 2.75) is 39.7 Å². The minimum Gasteiger partial charge on any atom is -0.480 e. The van der Waals surface area contributed by atoms with Crippen molar-refractivity contribution in [2.24, 2.45) is 0 Å². The Morgan fingerprint density at radius 2 is 2.25 bits per heavy atom. The molecule has 12 heavy (non-hydrogen) atoms. The number of carbonyl (C=O) groups is 1. The van der Waals surface area contributed by atoms with Crippen LogP contribution in [-0.4, -0.2) is 17.1 Å². The molecular formula is C9H17NO2. The lowest BCUT2D eigenvalue weighted by molar-refractivity contribution is -0.139. The van der Waals surface area contributed by atoms with E-state index in [9.17, 15) is 4.79 Å².